The molecule has 0 bridgehead atoms. The Kier molecular flexibility index (Phi) is 5.65. The third-order valence-electron chi connectivity index (χ3n) is 4.40. The van der Waals surface area contributed by atoms with E-state index in [-0.39, 0.29) is 18.2 Å². The molecule has 1 heterocycles. The lowest BCUT2D eigenvalue weighted by Gasteiger charge is -2.09. The molecule has 1 unspecified atom stereocenters. The molecule has 0 saturated heterocycles. The molecule has 2 aromatic carbocycles. The van der Waals surface area contributed by atoms with E-state index in [1.807, 2.05) is 12.1 Å². The van der Waals surface area contributed by atoms with Gasteiger partial charge in [0.1, 0.15) is 17.1 Å². The number of carbonyl (C=O) groups is 2. The van der Waals surface area contributed by atoms with Crippen molar-refractivity contribution in [3.05, 3.63) is 63.8 Å². The van der Waals surface area contributed by atoms with Crippen molar-refractivity contribution in [1.29, 1.82) is 0 Å². The second-order valence-corrected chi connectivity index (χ2v) is 7.14. The molecule has 0 fully saturated rings. The average Bonchev–Trinajstić information content (AvgIpc) is 3.03. The molecule has 3 aromatic rings. The molecule has 0 aliphatic heterocycles. The highest BCUT2D eigenvalue weighted by Crippen LogP contribution is 2.33. The highest BCUT2D eigenvalue weighted by Gasteiger charge is 2.26. The Morgan fingerprint density at radius 2 is 1.81 bits per heavy atom. The van der Waals surface area contributed by atoms with E-state index in [0.29, 0.717) is 33.6 Å². The van der Waals surface area contributed by atoms with Crippen LogP contribution >= 0.6 is 15.9 Å². The number of methoxy groups -OCH3 is 2. The Morgan fingerprint density at radius 3 is 2.44 bits per heavy atom. The van der Waals surface area contributed by atoms with Crippen molar-refractivity contribution in [2.24, 2.45) is 5.92 Å². The smallest absolute Gasteiger partial charge is 0.308 e. The summed E-state index contributed by atoms with van der Waals surface area (Å²) < 4.78 is 16.9. The van der Waals surface area contributed by atoms with E-state index < -0.39 is 5.92 Å². The fourth-order valence-electron chi connectivity index (χ4n) is 2.96. The third-order valence-corrected chi connectivity index (χ3v) is 4.93. The van der Waals surface area contributed by atoms with Crippen molar-refractivity contribution >= 4 is 38.7 Å². The Labute approximate surface area is 165 Å². The minimum absolute atomic E-state index is 0.165. The number of ether oxygens (including phenoxy) is 2. The van der Waals surface area contributed by atoms with Gasteiger partial charge in [0.2, 0.25) is 0 Å². The lowest BCUT2D eigenvalue weighted by molar-refractivity contribution is -0.144. The molecule has 1 atom stereocenters. The monoisotopic (exact) mass is 430 g/mol. The summed E-state index contributed by atoms with van der Waals surface area (Å²) in [6.45, 7) is 1.74. The minimum atomic E-state index is -0.436. The number of hydrogen-bond donors (Lipinski definition) is 0. The first-order valence-electron chi connectivity index (χ1n) is 8.42. The van der Waals surface area contributed by atoms with Gasteiger partial charge in [-0.25, -0.2) is 0 Å². The van der Waals surface area contributed by atoms with Gasteiger partial charge in [0.25, 0.3) is 0 Å². The predicted octanol–water partition coefficient (Wildman–Crippen LogP) is 4.79. The summed E-state index contributed by atoms with van der Waals surface area (Å²) in [4.78, 5) is 25.1. The molecule has 3 rings (SSSR count). The van der Waals surface area contributed by atoms with Crippen LogP contribution in [0.15, 0.2) is 51.4 Å². The molecule has 0 amide bonds. The van der Waals surface area contributed by atoms with Crippen LogP contribution in [-0.4, -0.2) is 26.0 Å². The summed E-state index contributed by atoms with van der Waals surface area (Å²) in [5, 5.41) is 0.661. The molecule has 0 aliphatic carbocycles. The van der Waals surface area contributed by atoms with E-state index >= 15 is 0 Å². The first-order valence-corrected chi connectivity index (χ1v) is 9.21. The molecule has 1 aromatic heterocycles. The van der Waals surface area contributed by atoms with E-state index in [9.17, 15) is 9.59 Å². The normalized spacial score (nSPS) is 12.0. The standard InChI is InChI=1S/C21H19BrO5/c1-12(21(24)26-3)10-18-19(20(23)13-4-6-14(22)7-5-13)16-11-15(25-2)8-9-17(16)27-18/h4-9,11-12H,10H2,1-3H3. The maximum absolute atomic E-state index is 13.2. The van der Waals surface area contributed by atoms with E-state index in [4.69, 9.17) is 13.9 Å². The molecule has 0 spiro atoms. The first kappa shape index (κ1) is 19.2. The lowest BCUT2D eigenvalue weighted by atomic mass is 9.96. The fourth-order valence-corrected chi connectivity index (χ4v) is 3.22. The molecule has 5 nitrogen and oxygen atoms in total. The molecular formula is C21H19BrO5. The third kappa shape index (κ3) is 3.90. The lowest BCUT2D eigenvalue weighted by Crippen LogP contribution is -2.16. The number of hydrogen-bond acceptors (Lipinski definition) is 5. The summed E-state index contributed by atoms with van der Waals surface area (Å²) in [6, 6.07) is 12.4. The van der Waals surface area contributed by atoms with Gasteiger partial charge in [0.15, 0.2) is 5.78 Å². The van der Waals surface area contributed by atoms with Gasteiger partial charge in [0, 0.05) is 21.8 Å². The van der Waals surface area contributed by atoms with Gasteiger partial charge in [0.05, 0.1) is 25.7 Å². The SMILES string of the molecule is COC(=O)C(C)Cc1oc2ccc(OC)cc2c1C(=O)c1ccc(Br)cc1. The molecule has 0 radical (unpaired) electrons. The van der Waals surface area contributed by atoms with Crippen LogP contribution in [0.2, 0.25) is 0 Å². The number of halogens is 1. The maximum Gasteiger partial charge on any atom is 0.308 e. The Morgan fingerprint density at radius 1 is 1.11 bits per heavy atom. The highest BCUT2D eigenvalue weighted by molar-refractivity contribution is 9.10. The summed E-state index contributed by atoms with van der Waals surface area (Å²) in [5.41, 5.74) is 1.56. The fraction of sp³-hybridized carbons (Fsp3) is 0.238. The predicted molar refractivity (Wildman–Crippen MR) is 105 cm³/mol. The van der Waals surface area contributed by atoms with Crippen LogP contribution in [-0.2, 0) is 16.0 Å². The number of furan rings is 1. The summed E-state index contributed by atoms with van der Waals surface area (Å²) >= 11 is 3.38. The van der Waals surface area contributed by atoms with Gasteiger partial charge >= 0.3 is 5.97 Å². The first-order chi connectivity index (χ1) is 12.9. The van der Waals surface area contributed by atoms with Crippen molar-refractivity contribution in [2.45, 2.75) is 13.3 Å². The molecule has 0 saturated carbocycles. The van der Waals surface area contributed by atoms with Crippen molar-refractivity contribution in [1.82, 2.24) is 0 Å². The average molecular weight is 431 g/mol. The topological polar surface area (TPSA) is 65.7 Å². The van der Waals surface area contributed by atoms with Crippen molar-refractivity contribution in [2.75, 3.05) is 14.2 Å². The summed E-state index contributed by atoms with van der Waals surface area (Å²) in [6.07, 6.45) is 0.265. The van der Waals surface area contributed by atoms with Crippen LogP contribution in [0, 0.1) is 5.92 Å². The number of benzene rings is 2. The van der Waals surface area contributed by atoms with E-state index in [1.54, 1.807) is 44.4 Å². The second kappa shape index (κ2) is 7.96. The summed E-state index contributed by atoms with van der Waals surface area (Å²) in [7, 11) is 2.91. The second-order valence-electron chi connectivity index (χ2n) is 6.23. The van der Waals surface area contributed by atoms with Crippen LogP contribution in [0.5, 0.6) is 5.75 Å². The van der Waals surface area contributed by atoms with Crippen LogP contribution in [0.3, 0.4) is 0 Å². The van der Waals surface area contributed by atoms with Crippen molar-refractivity contribution < 1.29 is 23.5 Å². The highest BCUT2D eigenvalue weighted by atomic mass is 79.9. The number of fused-ring (bicyclic) bond motifs is 1. The van der Waals surface area contributed by atoms with Crippen LogP contribution in [0.1, 0.15) is 28.6 Å². The van der Waals surface area contributed by atoms with E-state index in [2.05, 4.69) is 15.9 Å². The number of carbonyl (C=O) groups excluding carboxylic acids is 2. The van der Waals surface area contributed by atoms with Gasteiger partial charge < -0.3 is 13.9 Å². The van der Waals surface area contributed by atoms with Crippen LogP contribution < -0.4 is 4.74 Å². The van der Waals surface area contributed by atoms with Crippen LogP contribution in [0.25, 0.3) is 11.0 Å². The molecule has 0 N–H and O–H groups in total. The molecule has 27 heavy (non-hydrogen) atoms. The number of rotatable bonds is 6. The Balaban J connectivity index is 2.13. The zero-order valence-electron chi connectivity index (χ0n) is 15.2. The molecule has 140 valence electrons. The zero-order chi connectivity index (χ0) is 19.6. The Hall–Kier alpha value is -2.60. The van der Waals surface area contributed by atoms with E-state index in [0.717, 1.165) is 4.47 Å². The summed E-state index contributed by atoms with van der Waals surface area (Å²) in [5.74, 6) is 0.135. The van der Waals surface area contributed by atoms with Crippen molar-refractivity contribution in [3.63, 3.8) is 0 Å². The van der Waals surface area contributed by atoms with Gasteiger partial charge in [-0.3, -0.25) is 9.59 Å². The largest absolute Gasteiger partial charge is 0.497 e. The minimum Gasteiger partial charge on any atom is -0.497 e. The quantitative estimate of drug-likeness (QED) is 0.415. The number of ketones is 1. The molecule has 0 aliphatic rings. The number of esters is 1. The van der Waals surface area contributed by atoms with Crippen LogP contribution in [0.4, 0.5) is 0 Å². The Bertz CT molecular complexity index is 988. The van der Waals surface area contributed by atoms with Gasteiger partial charge in [-0.05, 0) is 42.5 Å². The van der Waals surface area contributed by atoms with Gasteiger partial charge in [-0.15, -0.1) is 0 Å². The molecular weight excluding hydrogens is 412 g/mol. The maximum atomic E-state index is 13.2. The van der Waals surface area contributed by atoms with E-state index in [1.165, 1.54) is 7.11 Å². The molecule has 6 heteroatoms. The zero-order valence-corrected chi connectivity index (χ0v) is 16.8. The van der Waals surface area contributed by atoms with Crippen molar-refractivity contribution in [3.8, 4) is 5.75 Å². The van der Waals surface area contributed by atoms with Gasteiger partial charge in [-0.1, -0.05) is 22.9 Å². The van der Waals surface area contributed by atoms with Gasteiger partial charge in [-0.2, -0.15) is 0 Å².